The summed E-state index contributed by atoms with van der Waals surface area (Å²) in [6, 6.07) is 10.6. The van der Waals surface area contributed by atoms with Gasteiger partial charge in [-0.1, -0.05) is 31.2 Å². The lowest BCUT2D eigenvalue weighted by molar-refractivity contribution is -0.140. The number of ketones is 1. The Hall–Kier alpha value is -4.01. The van der Waals surface area contributed by atoms with Crippen LogP contribution >= 0.6 is 0 Å². The molecule has 9 heteroatoms. The van der Waals surface area contributed by atoms with Crippen molar-refractivity contribution in [2.45, 2.75) is 38.4 Å². The van der Waals surface area contributed by atoms with Crippen molar-refractivity contribution in [3.63, 3.8) is 0 Å². The van der Waals surface area contributed by atoms with Crippen LogP contribution in [-0.4, -0.2) is 52.3 Å². The summed E-state index contributed by atoms with van der Waals surface area (Å²) in [4.78, 5) is 50.1. The maximum absolute atomic E-state index is 13.1. The van der Waals surface area contributed by atoms with Gasteiger partial charge in [-0.25, -0.2) is 4.39 Å². The van der Waals surface area contributed by atoms with Gasteiger partial charge in [-0.15, -0.1) is 0 Å². The van der Waals surface area contributed by atoms with Crippen molar-refractivity contribution in [3.05, 3.63) is 59.9 Å². The van der Waals surface area contributed by atoms with Crippen LogP contribution in [-0.2, 0) is 20.9 Å². The number of furan rings is 1. The molecular formula is C25H23FN2O6. The zero-order chi connectivity index (χ0) is 24.4. The molecule has 2 atom stereocenters. The third-order valence-electron chi connectivity index (χ3n) is 6.01. The van der Waals surface area contributed by atoms with E-state index in [9.17, 15) is 23.6 Å². The second kappa shape index (κ2) is 9.46. The number of amides is 2. The number of halogens is 1. The van der Waals surface area contributed by atoms with Crippen LogP contribution in [0.3, 0.4) is 0 Å². The second-order valence-electron chi connectivity index (χ2n) is 8.13. The van der Waals surface area contributed by atoms with Crippen molar-refractivity contribution in [2.24, 2.45) is 0 Å². The lowest BCUT2D eigenvalue weighted by atomic mass is 10.00. The molecule has 1 aliphatic heterocycles. The summed E-state index contributed by atoms with van der Waals surface area (Å²) in [5.74, 6) is -3.41. The highest BCUT2D eigenvalue weighted by Crippen LogP contribution is 2.34. The molecule has 3 aromatic rings. The van der Waals surface area contributed by atoms with Crippen molar-refractivity contribution in [1.29, 1.82) is 0 Å². The summed E-state index contributed by atoms with van der Waals surface area (Å²) in [6.45, 7) is 0.478. The number of aliphatic carboxylic acids is 1. The van der Waals surface area contributed by atoms with Crippen LogP contribution in [0.2, 0.25) is 0 Å². The van der Waals surface area contributed by atoms with Crippen LogP contribution < -0.4 is 5.32 Å². The molecule has 0 spiro atoms. The molecule has 176 valence electrons. The Balaban J connectivity index is 1.57. The number of carbonyl (C=O) groups excluding carboxylic acids is 3. The minimum absolute atomic E-state index is 0.171. The van der Waals surface area contributed by atoms with Gasteiger partial charge in [0.25, 0.3) is 5.91 Å². The van der Waals surface area contributed by atoms with Crippen LogP contribution in [0, 0.1) is 0 Å². The number of benzene rings is 2. The van der Waals surface area contributed by atoms with E-state index in [1.54, 1.807) is 19.3 Å². The number of para-hydroxylation sites is 1. The summed E-state index contributed by atoms with van der Waals surface area (Å²) in [7, 11) is 0. The van der Waals surface area contributed by atoms with Gasteiger partial charge in [-0.05, 0) is 35.7 Å². The number of carboxylic acid groups (broad SMARTS) is 1. The summed E-state index contributed by atoms with van der Waals surface area (Å²) < 4.78 is 18.5. The van der Waals surface area contributed by atoms with Gasteiger partial charge in [0.1, 0.15) is 24.3 Å². The van der Waals surface area contributed by atoms with E-state index < -0.39 is 42.8 Å². The van der Waals surface area contributed by atoms with Gasteiger partial charge in [0, 0.05) is 23.1 Å². The molecule has 1 aromatic heterocycles. The lowest BCUT2D eigenvalue weighted by Gasteiger charge is -2.27. The summed E-state index contributed by atoms with van der Waals surface area (Å²) in [5.41, 5.74) is 3.70. The van der Waals surface area contributed by atoms with Crippen molar-refractivity contribution in [1.82, 2.24) is 10.2 Å². The predicted octanol–water partition coefficient (Wildman–Crippen LogP) is 3.33. The number of nitrogens with zero attached hydrogens (tertiary/aromatic N) is 1. The van der Waals surface area contributed by atoms with E-state index >= 15 is 0 Å². The average Bonchev–Trinajstić information content (AvgIpc) is 3.39. The van der Waals surface area contributed by atoms with Crippen molar-refractivity contribution in [2.75, 3.05) is 6.67 Å². The number of Topliss-reactive ketones (excluding diaryl/α,β-unsaturated/α-hetero) is 1. The van der Waals surface area contributed by atoms with E-state index in [1.165, 1.54) is 4.90 Å². The number of nitrogens with one attached hydrogen (secondary N) is 1. The molecule has 0 aliphatic carbocycles. The van der Waals surface area contributed by atoms with E-state index in [0.29, 0.717) is 5.56 Å². The molecule has 1 aliphatic rings. The number of carboxylic acids is 1. The molecule has 8 nitrogen and oxygen atoms in total. The molecule has 0 fully saturated rings. The van der Waals surface area contributed by atoms with Crippen LogP contribution in [0.4, 0.5) is 4.39 Å². The SMILES string of the molecule is CC[C@@H](C(=O)NC(CC(=O)O)C(=O)CF)N1Cc2cc(-c3coc4ccccc34)ccc2C1=O. The van der Waals surface area contributed by atoms with Gasteiger partial charge in [0.15, 0.2) is 5.78 Å². The highest BCUT2D eigenvalue weighted by molar-refractivity contribution is 6.03. The molecule has 0 saturated heterocycles. The van der Waals surface area contributed by atoms with Gasteiger partial charge < -0.3 is 19.7 Å². The zero-order valence-corrected chi connectivity index (χ0v) is 18.4. The fourth-order valence-electron chi connectivity index (χ4n) is 4.29. The fourth-order valence-corrected chi connectivity index (χ4v) is 4.29. The van der Waals surface area contributed by atoms with E-state index in [4.69, 9.17) is 9.52 Å². The Morgan fingerprint density at radius 2 is 1.94 bits per heavy atom. The van der Waals surface area contributed by atoms with Crippen LogP contribution in [0.1, 0.15) is 35.7 Å². The van der Waals surface area contributed by atoms with E-state index in [-0.39, 0.29) is 18.9 Å². The van der Waals surface area contributed by atoms with Crippen LogP contribution in [0.5, 0.6) is 0 Å². The van der Waals surface area contributed by atoms with Gasteiger partial charge in [0.05, 0.1) is 12.7 Å². The third kappa shape index (κ3) is 4.28. The first kappa shape index (κ1) is 23.2. The van der Waals surface area contributed by atoms with Gasteiger partial charge >= 0.3 is 5.97 Å². The van der Waals surface area contributed by atoms with Gasteiger partial charge in [0.2, 0.25) is 5.91 Å². The number of fused-ring (bicyclic) bond motifs is 2. The molecule has 1 unspecified atom stereocenters. The first-order valence-corrected chi connectivity index (χ1v) is 10.8. The number of hydrogen-bond donors (Lipinski definition) is 2. The number of carbonyl (C=O) groups is 4. The molecule has 4 rings (SSSR count). The topological polar surface area (TPSA) is 117 Å². The monoisotopic (exact) mass is 466 g/mol. The Labute approximate surface area is 194 Å². The first-order chi connectivity index (χ1) is 16.3. The van der Waals surface area contributed by atoms with Crippen molar-refractivity contribution >= 4 is 34.5 Å². The summed E-state index contributed by atoms with van der Waals surface area (Å²) >= 11 is 0. The van der Waals surface area contributed by atoms with Gasteiger partial charge in [-0.2, -0.15) is 0 Å². The summed E-state index contributed by atoms with van der Waals surface area (Å²) in [5, 5.41) is 12.2. The normalized spacial score (nSPS) is 14.6. The number of alkyl halides is 1. The Morgan fingerprint density at radius 1 is 1.18 bits per heavy atom. The Morgan fingerprint density at radius 3 is 2.65 bits per heavy atom. The minimum atomic E-state index is -1.50. The zero-order valence-electron chi connectivity index (χ0n) is 18.4. The Kier molecular flexibility index (Phi) is 6.45. The average molecular weight is 466 g/mol. The maximum Gasteiger partial charge on any atom is 0.305 e. The molecule has 0 radical (unpaired) electrons. The summed E-state index contributed by atoms with van der Waals surface area (Å²) in [6.07, 6.45) is 1.16. The van der Waals surface area contributed by atoms with Gasteiger partial charge in [-0.3, -0.25) is 19.2 Å². The molecular weight excluding hydrogens is 443 g/mol. The quantitative estimate of drug-likeness (QED) is 0.500. The standard InChI is InChI=1S/C25H23FN2O6/c1-2-20(24(32)27-19(10-23(30)31)21(29)11-26)28-12-15-9-14(7-8-16(15)25(28)33)18-13-34-22-6-4-3-5-17(18)22/h3-9,13,19-20H,2,10-12H2,1H3,(H,27,32)(H,30,31)/t19?,20-/m0/s1. The first-order valence-electron chi connectivity index (χ1n) is 10.8. The van der Waals surface area contributed by atoms with E-state index in [1.807, 2.05) is 36.4 Å². The number of hydrogen-bond acceptors (Lipinski definition) is 5. The predicted molar refractivity (Wildman–Crippen MR) is 121 cm³/mol. The largest absolute Gasteiger partial charge is 0.481 e. The molecule has 0 bridgehead atoms. The molecule has 2 N–H and O–H groups in total. The molecule has 34 heavy (non-hydrogen) atoms. The van der Waals surface area contributed by atoms with Crippen molar-refractivity contribution < 1.29 is 33.1 Å². The maximum atomic E-state index is 13.1. The molecule has 2 amide bonds. The van der Waals surface area contributed by atoms with Crippen molar-refractivity contribution in [3.8, 4) is 11.1 Å². The van der Waals surface area contributed by atoms with Crippen LogP contribution in [0.25, 0.3) is 22.1 Å². The van der Waals surface area contributed by atoms with E-state index in [0.717, 1.165) is 27.7 Å². The fraction of sp³-hybridized carbons (Fsp3) is 0.280. The minimum Gasteiger partial charge on any atom is -0.481 e. The molecule has 0 saturated carbocycles. The third-order valence-corrected chi connectivity index (χ3v) is 6.01. The number of rotatable bonds is 9. The Bertz CT molecular complexity index is 1280. The molecule has 2 heterocycles. The highest BCUT2D eigenvalue weighted by Gasteiger charge is 2.37. The smallest absolute Gasteiger partial charge is 0.305 e. The van der Waals surface area contributed by atoms with Crippen LogP contribution in [0.15, 0.2) is 53.1 Å². The van der Waals surface area contributed by atoms with E-state index in [2.05, 4.69) is 5.32 Å². The molecule has 2 aromatic carbocycles. The lowest BCUT2D eigenvalue weighted by Crippen LogP contribution is -2.52. The second-order valence-corrected chi connectivity index (χ2v) is 8.13. The highest BCUT2D eigenvalue weighted by atomic mass is 19.1.